The van der Waals surface area contributed by atoms with Gasteiger partial charge in [0, 0.05) is 13.0 Å². The summed E-state index contributed by atoms with van der Waals surface area (Å²) in [5, 5.41) is 6.00. The number of carbonyl (C=O) groups excluding carboxylic acids is 2. The van der Waals surface area contributed by atoms with Crippen molar-refractivity contribution >= 4 is 11.8 Å². The Hall–Kier alpha value is -1.10. The molecule has 0 aromatic heterocycles. The Bertz CT molecular complexity index is 258. The quantitative estimate of drug-likeness (QED) is 0.455. The van der Waals surface area contributed by atoms with Gasteiger partial charge in [-0.1, -0.05) is 0 Å². The first-order valence-corrected chi connectivity index (χ1v) is 4.45. The second-order valence-corrected chi connectivity index (χ2v) is 3.79. The fourth-order valence-corrected chi connectivity index (χ4v) is 2.28. The highest BCUT2D eigenvalue weighted by molar-refractivity contribution is 5.90. The minimum absolute atomic E-state index is 0.0625. The Morgan fingerprint density at radius 1 is 1.62 bits per heavy atom. The van der Waals surface area contributed by atoms with Gasteiger partial charge in [-0.05, 0) is 13.0 Å². The zero-order chi connectivity index (χ0) is 9.47. The number of rotatable bonds is 1. The van der Waals surface area contributed by atoms with E-state index < -0.39 is 0 Å². The summed E-state index contributed by atoms with van der Waals surface area (Å²) in [6.45, 7) is 1.50. The maximum atomic E-state index is 11.2. The summed E-state index contributed by atoms with van der Waals surface area (Å²) in [6, 6.07) is 0. The Labute approximate surface area is 76.0 Å². The van der Waals surface area contributed by atoms with Gasteiger partial charge in [-0.15, -0.1) is 0 Å². The molecule has 2 saturated heterocycles. The number of hydrogen-bond acceptors (Lipinski definition) is 3. The van der Waals surface area contributed by atoms with Crippen LogP contribution in [-0.4, -0.2) is 30.4 Å². The number of hydrogen-bond donors (Lipinski definition) is 3. The van der Waals surface area contributed by atoms with Gasteiger partial charge in [-0.3, -0.25) is 9.59 Å². The lowest BCUT2D eigenvalue weighted by molar-refractivity contribution is -0.124. The first kappa shape index (κ1) is 8.50. The van der Waals surface area contributed by atoms with Crippen LogP contribution >= 0.6 is 0 Å². The average molecular weight is 183 g/mol. The van der Waals surface area contributed by atoms with E-state index in [4.69, 9.17) is 5.73 Å². The second kappa shape index (κ2) is 2.70. The minimum atomic E-state index is -0.386. The van der Waals surface area contributed by atoms with Crippen LogP contribution in [0.15, 0.2) is 0 Å². The zero-order valence-corrected chi connectivity index (χ0v) is 7.30. The van der Waals surface area contributed by atoms with Crippen LogP contribution in [0, 0.1) is 5.92 Å². The van der Waals surface area contributed by atoms with Crippen molar-refractivity contribution in [3.05, 3.63) is 0 Å². The summed E-state index contributed by atoms with van der Waals surface area (Å²) in [5.41, 5.74) is 4.87. The van der Waals surface area contributed by atoms with Crippen molar-refractivity contribution in [3.8, 4) is 0 Å². The smallest absolute Gasteiger partial charge is 0.223 e. The summed E-state index contributed by atoms with van der Waals surface area (Å²) in [6.07, 6.45) is 1.04. The van der Waals surface area contributed by atoms with E-state index in [9.17, 15) is 9.59 Å². The van der Waals surface area contributed by atoms with E-state index in [0.29, 0.717) is 6.54 Å². The molecule has 0 radical (unpaired) electrons. The molecular formula is C8H13N3O2. The molecule has 0 aromatic carbocycles. The number of primary amides is 1. The van der Waals surface area contributed by atoms with E-state index in [2.05, 4.69) is 10.6 Å². The standard InChI is InChI=1S/C8H13N3O2/c9-7(13)5-3-6(12)11-8(5)1-2-10-4-8/h5,10H,1-4H2,(H2,9,13)(H,11,12). The number of carbonyl (C=O) groups is 2. The van der Waals surface area contributed by atoms with Crippen molar-refractivity contribution in [2.24, 2.45) is 11.7 Å². The molecule has 2 rings (SSSR count). The molecule has 2 heterocycles. The van der Waals surface area contributed by atoms with Crippen molar-refractivity contribution in [1.29, 1.82) is 0 Å². The molecule has 0 aromatic rings. The Kier molecular flexibility index (Phi) is 1.76. The lowest BCUT2D eigenvalue weighted by Crippen LogP contribution is -2.51. The van der Waals surface area contributed by atoms with Gasteiger partial charge >= 0.3 is 0 Å². The van der Waals surface area contributed by atoms with Crippen LogP contribution in [0.5, 0.6) is 0 Å². The van der Waals surface area contributed by atoms with Gasteiger partial charge in [-0.25, -0.2) is 0 Å². The van der Waals surface area contributed by atoms with Gasteiger partial charge in [0.15, 0.2) is 0 Å². The van der Waals surface area contributed by atoms with Crippen molar-refractivity contribution in [3.63, 3.8) is 0 Å². The highest BCUT2D eigenvalue weighted by Crippen LogP contribution is 2.32. The maximum Gasteiger partial charge on any atom is 0.223 e. The molecule has 4 N–H and O–H groups in total. The first-order chi connectivity index (χ1) is 6.14. The van der Waals surface area contributed by atoms with Crippen LogP contribution in [0.1, 0.15) is 12.8 Å². The molecule has 1 spiro atoms. The predicted molar refractivity (Wildman–Crippen MR) is 45.7 cm³/mol. The van der Waals surface area contributed by atoms with Crippen molar-refractivity contribution in [1.82, 2.24) is 10.6 Å². The van der Waals surface area contributed by atoms with Crippen LogP contribution in [0.4, 0.5) is 0 Å². The molecule has 5 heteroatoms. The maximum absolute atomic E-state index is 11.2. The van der Waals surface area contributed by atoms with E-state index in [1.807, 2.05) is 0 Å². The van der Waals surface area contributed by atoms with E-state index in [0.717, 1.165) is 13.0 Å². The number of nitrogens with one attached hydrogen (secondary N) is 2. The van der Waals surface area contributed by atoms with Crippen LogP contribution < -0.4 is 16.4 Å². The molecule has 2 aliphatic rings. The van der Waals surface area contributed by atoms with Gasteiger partial charge in [0.05, 0.1) is 11.5 Å². The molecule has 2 aliphatic heterocycles. The van der Waals surface area contributed by atoms with Crippen molar-refractivity contribution < 1.29 is 9.59 Å². The normalized spacial score (nSPS) is 38.2. The number of nitrogens with two attached hydrogens (primary N) is 1. The predicted octanol–water partition coefficient (Wildman–Crippen LogP) is -1.66. The lowest BCUT2D eigenvalue weighted by atomic mass is 9.84. The molecule has 72 valence electrons. The Balaban J connectivity index is 2.25. The van der Waals surface area contributed by atoms with Crippen LogP contribution in [0.2, 0.25) is 0 Å². The first-order valence-electron chi connectivity index (χ1n) is 4.45. The molecule has 0 saturated carbocycles. The molecule has 5 nitrogen and oxygen atoms in total. The van der Waals surface area contributed by atoms with Crippen LogP contribution in [-0.2, 0) is 9.59 Å². The Morgan fingerprint density at radius 3 is 2.92 bits per heavy atom. The van der Waals surface area contributed by atoms with E-state index in [-0.39, 0.29) is 29.7 Å². The fraction of sp³-hybridized carbons (Fsp3) is 0.750. The largest absolute Gasteiger partial charge is 0.369 e. The topological polar surface area (TPSA) is 84.2 Å². The van der Waals surface area contributed by atoms with Crippen LogP contribution in [0.25, 0.3) is 0 Å². The third-order valence-corrected chi connectivity index (χ3v) is 2.98. The molecule has 13 heavy (non-hydrogen) atoms. The molecule has 2 atom stereocenters. The summed E-state index contributed by atoms with van der Waals surface area (Å²) >= 11 is 0. The minimum Gasteiger partial charge on any atom is -0.369 e. The van der Waals surface area contributed by atoms with E-state index in [1.165, 1.54) is 0 Å². The second-order valence-electron chi connectivity index (χ2n) is 3.79. The van der Waals surface area contributed by atoms with Crippen LogP contribution in [0.3, 0.4) is 0 Å². The highest BCUT2D eigenvalue weighted by Gasteiger charge is 2.50. The SMILES string of the molecule is NC(=O)C1CC(=O)NC12CCNC2. The van der Waals surface area contributed by atoms with Gasteiger partial charge in [0.25, 0.3) is 0 Å². The average Bonchev–Trinajstić information content (AvgIpc) is 2.60. The molecule has 2 fully saturated rings. The molecular weight excluding hydrogens is 170 g/mol. The molecule has 0 aliphatic carbocycles. The van der Waals surface area contributed by atoms with Gasteiger partial charge in [0.2, 0.25) is 11.8 Å². The Morgan fingerprint density at radius 2 is 2.38 bits per heavy atom. The summed E-state index contributed by atoms with van der Waals surface area (Å²) < 4.78 is 0. The molecule has 0 bridgehead atoms. The summed E-state index contributed by atoms with van der Waals surface area (Å²) in [5.74, 6) is -0.774. The van der Waals surface area contributed by atoms with Crippen molar-refractivity contribution in [2.45, 2.75) is 18.4 Å². The monoisotopic (exact) mass is 183 g/mol. The van der Waals surface area contributed by atoms with Gasteiger partial charge in [0.1, 0.15) is 0 Å². The molecule has 2 amide bonds. The van der Waals surface area contributed by atoms with E-state index in [1.54, 1.807) is 0 Å². The third kappa shape index (κ3) is 1.19. The lowest BCUT2D eigenvalue weighted by Gasteiger charge is -2.27. The van der Waals surface area contributed by atoms with Gasteiger partial charge in [-0.2, -0.15) is 0 Å². The van der Waals surface area contributed by atoms with E-state index >= 15 is 0 Å². The third-order valence-electron chi connectivity index (χ3n) is 2.98. The highest BCUT2D eigenvalue weighted by atomic mass is 16.2. The summed E-state index contributed by atoms with van der Waals surface area (Å²) in [7, 11) is 0. The van der Waals surface area contributed by atoms with Gasteiger partial charge < -0.3 is 16.4 Å². The molecule has 2 unspecified atom stereocenters. The fourth-order valence-electron chi connectivity index (χ4n) is 2.28. The number of amides is 2. The van der Waals surface area contributed by atoms with Crippen molar-refractivity contribution in [2.75, 3.05) is 13.1 Å². The summed E-state index contributed by atoms with van der Waals surface area (Å²) in [4.78, 5) is 22.3. The zero-order valence-electron chi connectivity index (χ0n) is 7.30.